The van der Waals surface area contributed by atoms with Crippen LogP contribution in [0, 0.1) is 17.2 Å². The maximum absolute atomic E-state index is 12.2. The van der Waals surface area contributed by atoms with E-state index in [0.717, 1.165) is 17.7 Å². The maximum Gasteiger partial charge on any atom is 0.260 e. The van der Waals surface area contributed by atoms with Crippen molar-refractivity contribution in [2.75, 3.05) is 6.61 Å². The van der Waals surface area contributed by atoms with Gasteiger partial charge >= 0.3 is 0 Å². The minimum atomic E-state index is -0.441. The van der Waals surface area contributed by atoms with E-state index in [4.69, 9.17) is 4.74 Å². The largest absolute Gasteiger partial charge is 0.494 e. The number of carbonyl (C=O) groups excluding carboxylic acids is 1. The highest BCUT2D eigenvalue weighted by Crippen LogP contribution is 2.20. The lowest BCUT2D eigenvalue weighted by atomic mass is 9.96. The van der Waals surface area contributed by atoms with Crippen molar-refractivity contribution >= 4 is 23.5 Å². The van der Waals surface area contributed by atoms with Crippen LogP contribution in [0.3, 0.4) is 0 Å². The van der Waals surface area contributed by atoms with Crippen molar-refractivity contribution in [2.45, 2.75) is 13.3 Å². The van der Waals surface area contributed by atoms with Crippen LogP contribution in [0.5, 0.6) is 5.75 Å². The third kappa shape index (κ3) is 3.81. The number of amidine groups is 1. The molecule has 2 aliphatic rings. The van der Waals surface area contributed by atoms with Crippen molar-refractivity contribution in [1.82, 2.24) is 0 Å². The zero-order valence-corrected chi connectivity index (χ0v) is 13.8. The predicted octanol–water partition coefficient (Wildman–Crippen LogP) is 3.50. The Kier molecular flexibility index (Phi) is 5.00. The molecule has 1 unspecified atom stereocenters. The van der Waals surface area contributed by atoms with E-state index in [1.165, 1.54) is 0 Å². The molecule has 1 aliphatic heterocycles. The number of hydrogen-bond donors (Lipinski definition) is 0. The van der Waals surface area contributed by atoms with Crippen LogP contribution in [0.2, 0.25) is 0 Å². The average Bonchev–Trinajstić information content (AvgIpc) is 2.65. The van der Waals surface area contributed by atoms with Crippen molar-refractivity contribution in [3.05, 3.63) is 59.7 Å². The second-order valence-corrected chi connectivity index (χ2v) is 5.62. The predicted molar refractivity (Wildman–Crippen MR) is 97.5 cm³/mol. The van der Waals surface area contributed by atoms with E-state index < -0.39 is 5.92 Å². The quantitative estimate of drug-likeness (QED) is 0.775. The number of nitrogens with zero attached hydrogens (tertiary/aromatic N) is 3. The first-order chi connectivity index (χ1) is 12.2. The van der Waals surface area contributed by atoms with Crippen molar-refractivity contribution in [3.63, 3.8) is 0 Å². The number of ether oxygens (including phenoxy) is 1. The molecule has 3 rings (SSSR count). The Bertz CT molecular complexity index is 865. The van der Waals surface area contributed by atoms with Crippen LogP contribution in [0.25, 0.3) is 6.08 Å². The van der Waals surface area contributed by atoms with Gasteiger partial charge in [0.1, 0.15) is 17.7 Å². The summed E-state index contributed by atoms with van der Waals surface area (Å²) >= 11 is 0. The normalized spacial score (nSPS) is 19.0. The Labute approximate surface area is 146 Å². The molecule has 124 valence electrons. The number of rotatable bonds is 5. The summed E-state index contributed by atoms with van der Waals surface area (Å²) in [5.41, 5.74) is 1.68. The van der Waals surface area contributed by atoms with Gasteiger partial charge < -0.3 is 4.74 Å². The fraction of sp³-hybridized carbons (Fsp3) is 0.200. The molecule has 1 aromatic rings. The Hall–Kier alpha value is -3.26. The lowest BCUT2D eigenvalue weighted by Crippen LogP contribution is -2.27. The minimum absolute atomic E-state index is 0.157. The van der Waals surface area contributed by atoms with E-state index in [2.05, 4.69) is 16.1 Å². The van der Waals surface area contributed by atoms with Gasteiger partial charge in [-0.1, -0.05) is 37.3 Å². The van der Waals surface area contributed by atoms with Gasteiger partial charge in [-0.05, 0) is 36.3 Å². The van der Waals surface area contributed by atoms with Gasteiger partial charge in [0, 0.05) is 0 Å². The number of hydrogen-bond acceptors (Lipinski definition) is 4. The standard InChI is InChI=1S/C20H17N3O2/c1-2-11-25-16-9-7-14(8-10-16)12-15(13-21)19-22-18-6-4-3-5-17(18)20(24)23-19/h3-10,12,17H,2,11H2,1H3/b15-12-. The number of benzene rings is 1. The van der Waals surface area contributed by atoms with Crippen LogP contribution >= 0.6 is 0 Å². The van der Waals surface area contributed by atoms with Crippen molar-refractivity contribution in [2.24, 2.45) is 15.9 Å². The molecule has 25 heavy (non-hydrogen) atoms. The summed E-state index contributed by atoms with van der Waals surface area (Å²) in [6.07, 6.45) is 9.75. The monoisotopic (exact) mass is 331 g/mol. The van der Waals surface area contributed by atoms with Crippen molar-refractivity contribution < 1.29 is 9.53 Å². The fourth-order valence-corrected chi connectivity index (χ4v) is 2.48. The minimum Gasteiger partial charge on any atom is -0.494 e. The van der Waals surface area contributed by atoms with Crippen molar-refractivity contribution in [1.29, 1.82) is 5.26 Å². The summed E-state index contributed by atoms with van der Waals surface area (Å²) < 4.78 is 5.54. The Balaban J connectivity index is 1.85. The van der Waals surface area contributed by atoms with Crippen LogP contribution in [0.1, 0.15) is 18.9 Å². The first-order valence-corrected chi connectivity index (χ1v) is 8.12. The smallest absolute Gasteiger partial charge is 0.260 e. The van der Waals surface area contributed by atoms with Gasteiger partial charge in [0.25, 0.3) is 5.91 Å². The van der Waals surface area contributed by atoms with E-state index in [1.807, 2.05) is 37.3 Å². The molecule has 0 N–H and O–H groups in total. The first-order valence-electron chi connectivity index (χ1n) is 8.12. The number of amides is 1. The highest BCUT2D eigenvalue weighted by Gasteiger charge is 2.27. The van der Waals surface area contributed by atoms with Crippen LogP contribution < -0.4 is 4.74 Å². The van der Waals surface area contributed by atoms with E-state index in [1.54, 1.807) is 24.3 Å². The molecule has 1 heterocycles. The lowest BCUT2D eigenvalue weighted by Gasteiger charge is -2.17. The van der Waals surface area contributed by atoms with Crippen LogP contribution in [0.15, 0.2) is 64.1 Å². The van der Waals surface area contributed by atoms with E-state index in [-0.39, 0.29) is 17.3 Å². The molecular formula is C20H17N3O2. The molecule has 0 saturated carbocycles. The van der Waals surface area contributed by atoms with Gasteiger partial charge in [0.2, 0.25) is 0 Å². The zero-order chi connectivity index (χ0) is 17.6. The van der Waals surface area contributed by atoms with Gasteiger partial charge in [-0.15, -0.1) is 0 Å². The van der Waals surface area contributed by atoms with Gasteiger partial charge in [0.05, 0.1) is 17.9 Å². The number of carbonyl (C=O) groups is 1. The van der Waals surface area contributed by atoms with Crippen LogP contribution in [0.4, 0.5) is 0 Å². The second kappa shape index (κ2) is 7.54. The number of aliphatic imine (C=N–C) groups is 2. The molecule has 0 bridgehead atoms. The summed E-state index contributed by atoms with van der Waals surface area (Å²) in [7, 11) is 0. The molecule has 1 atom stereocenters. The molecular weight excluding hydrogens is 314 g/mol. The molecule has 5 heteroatoms. The van der Waals surface area contributed by atoms with Crippen LogP contribution in [-0.2, 0) is 4.79 Å². The number of nitriles is 1. The molecule has 1 aliphatic carbocycles. The highest BCUT2D eigenvalue weighted by atomic mass is 16.5. The summed E-state index contributed by atoms with van der Waals surface area (Å²) in [6, 6.07) is 9.49. The zero-order valence-electron chi connectivity index (χ0n) is 13.8. The Morgan fingerprint density at radius 2 is 2.08 bits per heavy atom. The third-order valence-electron chi connectivity index (χ3n) is 3.74. The van der Waals surface area contributed by atoms with E-state index in [0.29, 0.717) is 12.3 Å². The maximum atomic E-state index is 12.2. The van der Waals surface area contributed by atoms with Gasteiger partial charge in [0.15, 0.2) is 5.84 Å². The van der Waals surface area contributed by atoms with Crippen LogP contribution in [-0.4, -0.2) is 24.1 Å². The molecule has 0 fully saturated rings. The fourth-order valence-electron chi connectivity index (χ4n) is 2.48. The summed E-state index contributed by atoms with van der Waals surface area (Å²) in [5, 5.41) is 9.46. The lowest BCUT2D eigenvalue weighted by molar-refractivity contribution is -0.118. The highest BCUT2D eigenvalue weighted by molar-refractivity contribution is 6.26. The average molecular weight is 331 g/mol. The molecule has 1 aromatic carbocycles. The first kappa shape index (κ1) is 16.6. The Morgan fingerprint density at radius 1 is 1.28 bits per heavy atom. The summed E-state index contributed by atoms with van der Waals surface area (Å²) in [4.78, 5) is 20.5. The Morgan fingerprint density at radius 3 is 2.80 bits per heavy atom. The molecule has 0 saturated heterocycles. The molecule has 0 aromatic heterocycles. The van der Waals surface area contributed by atoms with E-state index in [9.17, 15) is 10.1 Å². The molecule has 0 spiro atoms. The molecule has 0 radical (unpaired) electrons. The topological polar surface area (TPSA) is 74.8 Å². The molecule has 5 nitrogen and oxygen atoms in total. The summed E-state index contributed by atoms with van der Waals surface area (Å²) in [5.74, 6) is 0.198. The molecule has 1 amide bonds. The van der Waals surface area contributed by atoms with E-state index >= 15 is 0 Å². The third-order valence-corrected chi connectivity index (χ3v) is 3.74. The van der Waals surface area contributed by atoms with Crippen molar-refractivity contribution in [3.8, 4) is 11.8 Å². The number of fused-ring (bicyclic) bond motifs is 1. The van der Waals surface area contributed by atoms with Gasteiger partial charge in [-0.25, -0.2) is 4.99 Å². The number of allylic oxidation sites excluding steroid dienone is 3. The SMILES string of the molecule is CCCOc1ccc(/C=C(/C#N)C2=NC(=O)C3C=CC=CC3=N2)cc1. The van der Waals surface area contributed by atoms with Gasteiger partial charge in [-0.3, -0.25) is 4.79 Å². The second-order valence-electron chi connectivity index (χ2n) is 5.62. The summed E-state index contributed by atoms with van der Waals surface area (Å²) in [6.45, 7) is 2.71. The van der Waals surface area contributed by atoms with Gasteiger partial charge in [-0.2, -0.15) is 10.3 Å².